The van der Waals surface area contributed by atoms with Gasteiger partial charge in [0.2, 0.25) is 5.01 Å². The van der Waals surface area contributed by atoms with Gasteiger partial charge in [0.1, 0.15) is 0 Å². The van der Waals surface area contributed by atoms with E-state index in [0.29, 0.717) is 13.1 Å². The standard InChI is InChI=1S/C13H21N3O3S/c1-13(2,19)9-16-5-3-15(4-6-16)7-10-8-20-11(14-10)12(17)18/h8,19H,3-7,9H2,1-2H3,(H,17,18). The zero-order chi connectivity index (χ0) is 14.8. The summed E-state index contributed by atoms with van der Waals surface area (Å²) >= 11 is 1.17. The number of aliphatic hydroxyl groups is 1. The third kappa shape index (κ3) is 4.52. The number of thiazole rings is 1. The molecule has 0 amide bonds. The van der Waals surface area contributed by atoms with Gasteiger partial charge in [-0.15, -0.1) is 11.3 Å². The normalized spacial score (nSPS) is 18.4. The van der Waals surface area contributed by atoms with E-state index in [9.17, 15) is 9.90 Å². The van der Waals surface area contributed by atoms with Gasteiger partial charge in [0.05, 0.1) is 11.3 Å². The van der Waals surface area contributed by atoms with Crippen LogP contribution in [0.5, 0.6) is 0 Å². The van der Waals surface area contributed by atoms with Crippen LogP contribution in [0.4, 0.5) is 0 Å². The summed E-state index contributed by atoms with van der Waals surface area (Å²) in [6.07, 6.45) is 0. The highest BCUT2D eigenvalue weighted by Gasteiger charge is 2.23. The van der Waals surface area contributed by atoms with E-state index in [4.69, 9.17) is 5.11 Å². The number of nitrogens with zero attached hydrogens (tertiary/aromatic N) is 3. The Labute approximate surface area is 122 Å². The Hall–Kier alpha value is -1.02. The van der Waals surface area contributed by atoms with Gasteiger partial charge in [-0.05, 0) is 13.8 Å². The lowest BCUT2D eigenvalue weighted by atomic mass is 10.1. The Morgan fingerprint density at radius 2 is 1.95 bits per heavy atom. The molecule has 0 radical (unpaired) electrons. The topological polar surface area (TPSA) is 76.9 Å². The molecule has 20 heavy (non-hydrogen) atoms. The van der Waals surface area contributed by atoms with Crippen LogP contribution < -0.4 is 0 Å². The van der Waals surface area contributed by atoms with Crippen LogP contribution in [0.25, 0.3) is 0 Å². The van der Waals surface area contributed by atoms with Crippen LogP contribution in [-0.2, 0) is 6.54 Å². The molecule has 2 rings (SSSR count). The van der Waals surface area contributed by atoms with E-state index in [-0.39, 0.29) is 5.01 Å². The third-order valence-electron chi connectivity index (χ3n) is 3.20. The Morgan fingerprint density at radius 3 is 2.45 bits per heavy atom. The first-order chi connectivity index (χ1) is 9.33. The maximum atomic E-state index is 10.8. The number of rotatable bonds is 5. The summed E-state index contributed by atoms with van der Waals surface area (Å²) in [5, 5.41) is 20.6. The van der Waals surface area contributed by atoms with Crippen molar-refractivity contribution in [1.29, 1.82) is 0 Å². The van der Waals surface area contributed by atoms with Crippen LogP contribution >= 0.6 is 11.3 Å². The summed E-state index contributed by atoms with van der Waals surface area (Å²) in [7, 11) is 0. The van der Waals surface area contributed by atoms with E-state index in [0.717, 1.165) is 31.9 Å². The van der Waals surface area contributed by atoms with Gasteiger partial charge in [0, 0.05) is 44.6 Å². The number of carbonyl (C=O) groups is 1. The van der Waals surface area contributed by atoms with Crippen molar-refractivity contribution in [3.63, 3.8) is 0 Å². The van der Waals surface area contributed by atoms with Crippen LogP contribution in [0, 0.1) is 0 Å². The van der Waals surface area contributed by atoms with Crippen molar-refractivity contribution in [2.24, 2.45) is 0 Å². The predicted octanol–water partition coefficient (Wildman–Crippen LogP) is 0.730. The van der Waals surface area contributed by atoms with Crippen LogP contribution in [0.2, 0.25) is 0 Å². The highest BCUT2D eigenvalue weighted by molar-refractivity contribution is 7.11. The molecule has 1 aromatic heterocycles. The third-order valence-corrected chi connectivity index (χ3v) is 4.07. The highest BCUT2D eigenvalue weighted by atomic mass is 32.1. The average Bonchev–Trinajstić information content (AvgIpc) is 2.78. The Bertz CT molecular complexity index is 462. The minimum Gasteiger partial charge on any atom is -0.476 e. The molecular weight excluding hydrogens is 278 g/mol. The van der Waals surface area contributed by atoms with Crippen LogP contribution in [0.15, 0.2) is 5.38 Å². The molecule has 1 saturated heterocycles. The molecule has 7 heteroatoms. The number of aromatic nitrogens is 1. The Balaban J connectivity index is 1.80. The number of aromatic carboxylic acids is 1. The van der Waals surface area contributed by atoms with Crippen LogP contribution in [0.3, 0.4) is 0 Å². The second kappa shape index (κ2) is 6.17. The van der Waals surface area contributed by atoms with Gasteiger partial charge in [0.15, 0.2) is 0 Å². The lowest BCUT2D eigenvalue weighted by Crippen LogP contribution is -2.50. The van der Waals surface area contributed by atoms with E-state index >= 15 is 0 Å². The van der Waals surface area contributed by atoms with Crippen molar-refractivity contribution in [3.05, 3.63) is 16.1 Å². The number of piperazine rings is 1. The zero-order valence-corrected chi connectivity index (χ0v) is 12.7. The summed E-state index contributed by atoms with van der Waals surface area (Å²) in [5.41, 5.74) is 0.163. The van der Waals surface area contributed by atoms with Gasteiger partial charge in [-0.25, -0.2) is 9.78 Å². The molecule has 0 aromatic carbocycles. The van der Waals surface area contributed by atoms with Crippen LogP contribution in [-0.4, -0.2) is 69.3 Å². The SMILES string of the molecule is CC(C)(O)CN1CCN(Cc2csc(C(=O)O)n2)CC1. The van der Waals surface area contributed by atoms with Crippen molar-refractivity contribution >= 4 is 17.3 Å². The first-order valence-electron chi connectivity index (χ1n) is 6.68. The fraction of sp³-hybridized carbons (Fsp3) is 0.692. The monoisotopic (exact) mass is 299 g/mol. The summed E-state index contributed by atoms with van der Waals surface area (Å²) in [4.78, 5) is 19.4. The quantitative estimate of drug-likeness (QED) is 0.835. The molecule has 2 N–H and O–H groups in total. The maximum Gasteiger partial charge on any atom is 0.365 e. The van der Waals surface area contributed by atoms with Gasteiger partial charge in [-0.2, -0.15) is 0 Å². The summed E-state index contributed by atoms with van der Waals surface area (Å²) in [6, 6.07) is 0. The lowest BCUT2D eigenvalue weighted by molar-refractivity contribution is 0.0165. The van der Waals surface area contributed by atoms with Crippen molar-refractivity contribution in [2.45, 2.75) is 26.0 Å². The largest absolute Gasteiger partial charge is 0.476 e. The molecule has 2 heterocycles. The molecule has 0 unspecified atom stereocenters. The molecule has 0 saturated carbocycles. The Kier molecular flexibility index (Phi) is 4.74. The zero-order valence-electron chi connectivity index (χ0n) is 11.9. The first-order valence-corrected chi connectivity index (χ1v) is 7.56. The van der Waals surface area contributed by atoms with Gasteiger partial charge >= 0.3 is 5.97 Å². The Morgan fingerprint density at radius 1 is 1.35 bits per heavy atom. The molecule has 112 valence electrons. The van der Waals surface area contributed by atoms with E-state index < -0.39 is 11.6 Å². The minimum atomic E-state index is -0.962. The second-order valence-corrected chi connectivity index (χ2v) is 6.67. The number of β-amino-alcohol motifs (C(OH)–C–C–N with tert-alkyl or cyclic N) is 1. The van der Waals surface area contributed by atoms with E-state index in [1.54, 1.807) is 0 Å². The predicted molar refractivity (Wildman–Crippen MR) is 77.1 cm³/mol. The molecule has 0 spiro atoms. The molecule has 1 aliphatic rings. The molecule has 0 atom stereocenters. The van der Waals surface area contributed by atoms with Gasteiger partial charge in [0.25, 0.3) is 0 Å². The number of carboxylic acids is 1. The van der Waals surface area contributed by atoms with Crippen molar-refractivity contribution < 1.29 is 15.0 Å². The van der Waals surface area contributed by atoms with Gasteiger partial charge in [-0.1, -0.05) is 0 Å². The fourth-order valence-electron chi connectivity index (χ4n) is 2.36. The number of hydrogen-bond donors (Lipinski definition) is 2. The summed E-state index contributed by atoms with van der Waals surface area (Å²) < 4.78 is 0. The molecule has 1 aliphatic heterocycles. The summed E-state index contributed by atoms with van der Waals surface area (Å²) in [6.45, 7) is 8.68. The van der Waals surface area contributed by atoms with Crippen LogP contribution in [0.1, 0.15) is 29.3 Å². The van der Waals surface area contributed by atoms with Gasteiger partial charge in [-0.3, -0.25) is 9.80 Å². The lowest BCUT2D eigenvalue weighted by Gasteiger charge is -2.37. The van der Waals surface area contributed by atoms with Crippen molar-refractivity contribution in [3.8, 4) is 0 Å². The van der Waals surface area contributed by atoms with E-state index in [1.165, 1.54) is 11.3 Å². The van der Waals surface area contributed by atoms with Crippen molar-refractivity contribution in [2.75, 3.05) is 32.7 Å². The van der Waals surface area contributed by atoms with E-state index in [2.05, 4.69) is 14.8 Å². The fourth-order valence-corrected chi connectivity index (χ4v) is 3.01. The minimum absolute atomic E-state index is 0.153. The van der Waals surface area contributed by atoms with E-state index in [1.807, 2.05) is 19.2 Å². The molecule has 0 aliphatic carbocycles. The molecule has 1 fully saturated rings. The van der Waals surface area contributed by atoms with Gasteiger partial charge < -0.3 is 10.2 Å². The maximum absolute atomic E-state index is 10.8. The average molecular weight is 299 g/mol. The van der Waals surface area contributed by atoms with Crippen molar-refractivity contribution in [1.82, 2.24) is 14.8 Å². The molecule has 6 nitrogen and oxygen atoms in total. The second-order valence-electron chi connectivity index (χ2n) is 5.81. The smallest absolute Gasteiger partial charge is 0.365 e. The molecule has 0 bridgehead atoms. The molecule has 1 aromatic rings. The number of hydrogen-bond acceptors (Lipinski definition) is 6. The number of carboxylic acid groups (broad SMARTS) is 1. The first kappa shape index (κ1) is 15.4. The highest BCUT2D eigenvalue weighted by Crippen LogP contribution is 2.14. The summed E-state index contributed by atoms with van der Waals surface area (Å²) in [5.74, 6) is -0.962. The molecular formula is C13H21N3O3S.